The minimum atomic E-state index is 0.847. The van der Waals surface area contributed by atoms with E-state index in [0.717, 1.165) is 24.7 Å². The summed E-state index contributed by atoms with van der Waals surface area (Å²) in [5.74, 6) is 0. The molecule has 0 bridgehead atoms. The van der Waals surface area contributed by atoms with Crippen molar-refractivity contribution in [1.82, 2.24) is 0 Å². The Morgan fingerprint density at radius 3 is 3.23 bits per heavy atom. The van der Waals surface area contributed by atoms with Gasteiger partial charge in [0, 0.05) is 0 Å². The highest BCUT2D eigenvalue weighted by molar-refractivity contribution is 5.32. The number of allylic oxidation sites excluding steroid dienone is 1. The van der Waals surface area contributed by atoms with Crippen LogP contribution in [0.5, 0.6) is 0 Å². The van der Waals surface area contributed by atoms with Crippen LogP contribution in [-0.4, -0.2) is 6.54 Å². The summed E-state index contributed by atoms with van der Waals surface area (Å²) >= 11 is 0. The van der Waals surface area contributed by atoms with Gasteiger partial charge in [-0.05, 0) is 35.8 Å². The minimum absolute atomic E-state index is 0.847. The van der Waals surface area contributed by atoms with E-state index in [1.54, 1.807) is 0 Å². The van der Waals surface area contributed by atoms with E-state index < -0.39 is 0 Å². The second kappa shape index (κ2) is 3.56. The van der Waals surface area contributed by atoms with Gasteiger partial charge >= 0.3 is 0 Å². The van der Waals surface area contributed by atoms with Gasteiger partial charge in [0.15, 0.2) is 0 Å². The Morgan fingerprint density at radius 2 is 2.38 bits per heavy atom. The molecule has 1 heterocycles. The lowest BCUT2D eigenvalue weighted by Crippen LogP contribution is -2.21. The summed E-state index contributed by atoms with van der Waals surface area (Å²) in [5, 5.41) is 2.43. The van der Waals surface area contributed by atoms with E-state index in [9.17, 15) is 0 Å². The highest BCUT2D eigenvalue weighted by Crippen LogP contribution is 1.98. The molecular weight excluding hydrogens is 158 g/mol. The fraction of sp³-hybridized carbons (Fsp3) is 0.250. The maximum atomic E-state index is 4.34. The van der Waals surface area contributed by atoms with Gasteiger partial charge in [-0.3, -0.25) is 4.99 Å². The van der Waals surface area contributed by atoms with E-state index >= 15 is 0 Å². The summed E-state index contributed by atoms with van der Waals surface area (Å²) in [6.07, 6.45) is 6.27. The van der Waals surface area contributed by atoms with Crippen molar-refractivity contribution in [2.45, 2.75) is 12.8 Å². The van der Waals surface area contributed by atoms with Crippen LogP contribution in [0.2, 0.25) is 0 Å². The Labute approximate surface area is 78.1 Å². The molecule has 1 heteroatoms. The first-order valence-electron chi connectivity index (χ1n) is 4.64. The summed E-state index contributed by atoms with van der Waals surface area (Å²) in [6, 6.07) is 6.50. The molecule has 0 amide bonds. The molecule has 1 nitrogen and oxygen atoms in total. The smallest absolute Gasteiger partial charge is 0.0648 e. The number of nitrogens with zero attached hydrogens (tertiary/aromatic N) is 1. The van der Waals surface area contributed by atoms with Crippen molar-refractivity contribution in [2.24, 2.45) is 4.99 Å². The average Bonchev–Trinajstić information content (AvgIpc) is 2.61. The second-order valence-electron chi connectivity index (χ2n) is 3.27. The summed E-state index contributed by atoms with van der Waals surface area (Å²) in [4.78, 5) is 4.34. The Balaban J connectivity index is 2.32. The molecule has 2 rings (SSSR count). The molecule has 0 atom stereocenters. The fourth-order valence-corrected chi connectivity index (χ4v) is 1.58. The molecule has 0 N–H and O–H groups in total. The molecule has 1 aromatic rings. The van der Waals surface area contributed by atoms with Crippen molar-refractivity contribution >= 4 is 6.08 Å². The normalized spacial score (nSPS) is 12.9. The van der Waals surface area contributed by atoms with Gasteiger partial charge in [-0.15, -0.1) is 6.58 Å². The van der Waals surface area contributed by atoms with Crippen molar-refractivity contribution in [3.63, 3.8) is 0 Å². The quantitative estimate of drug-likeness (QED) is 0.606. The second-order valence-corrected chi connectivity index (χ2v) is 3.27. The number of hydrogen-bond donors (Lipinski definition) is 0. The molecule has 0 fully saturated rings. The van der Waals surface area contributed by atoms with E-state index in [4.69, 9.17) is 0 Å². The van der Waals surface area contributed by atoms with E-state index in [2.05, 4.69) is 35.8 Å². The lowest BCUT2D eigenvalue weighted by molar-refractivity contribution is 0.999. The van der Waals surface area contributed by atoms with Crippen molar-refractivity contribution in [2.75, 3.05) is 6.54 Å². The van der Waals surface area contributed by atoms with Crippen molar-refractivity contribution < 1.29 is 0 Å². The molecule has 1 aliphatic heterocycles. The summed E-state index contributed by atoms with van der Waals surface area (Å²) in [6.45, 7) is 4.57. The molecule has 0 saturated heterocycles. The van der Waals surface area contributed by atoms with E-state index in [1.807, 2.05) is 6.08 Å². The molecule has 0 saturated carbocycles. The summed E-state index contributed by atoms with van der Waals surface area (Å²) in [5.41, 5.74) is 1.38. The van der Waals surface area contributed by atoms with Gasteiger partial charge in [0.2, 0.25) is 0 Å². The maximum absolute atomic E-state index is 4.34. The van der Waals surface area contributed by atoms with Crippen molar-refractivity contribution in [3.05, 3.63) is 47.0 Å². The van der Waals surface area contributed by atoms with Crippen LogP contribution in [0.1, 0.15) is 12.0 Å². The molecule has 13 heavy (non-hydrogen) atoms. The third-order valence-corrected chi connectivity index (χ3v) is 2.30. The van der Waals surface area contributed by atoms with Gasteiger partial charge in [-0.2, -0.15) is 0 Å². The SMILES string of the molecule is C=CCCc1ccc2c(c1)=CCN=2. The summed E-state index contributed by atoms with van der Waals surface area (Å²) < 4.78 is 0. The molecule has 0 aromatic heterocycles. The first-order valence-corrected chi connectivity index (χ1v) is 4.64. The van der Waals surface area contributed by atoms with Crippen LogP contribution in [-0.2, 0) is 6.42 Å². The fourth-order valence-electron chi connectivity index (χ4n) is 1.58. The molecular formula is C12H13N. The van der Waals surface area contributed by atoms with Crippen LogP contribution in [0, 0.1) is 0 Å². The largest absolute Gasteiger partial charge is 0.281 e. The number of rotatable bonds is 3. The van der Waals surface area contributed by atoms with Gasteiger partial charge in [-0.1, -0.05) is 18.2 Å². The van der Waals surface area contributed by atoms with Crippen LogP contribution in [0.4, 0.5) is 0 Å². The predicted octanol–water partition coefficient (Wildman–Crippen LogP) is 1.22. The first-order chi connectivity index (χ1) is 6.40. The first kappa shape index (κ1) is 8.24. The molecule has 66 valence electrons. The Bertz CT molecular complexity index is 429. The van der Waals surface area contributed by atoms with Crippen LogP contribution in [0.3, 0.4) is 0 Å². The molecule has 0 unspecified atom stereocenters. The maximum Gasteiger partial charge on any atom is 0.0648 e. The lowest BCUT2D eigenvalue weighted by Gasteiger charge is -1.96. The van der Waals surface area contributed by atoms with Crippen LogP contribution < -0.4 is 10.6 Å². The lowest BCUT2D eigenvalue weighted by atomic mass is 10.1. The van der Waals surface area contributed by atoms with Gasteiger partial charge in [0.25, 0.3) is 0 Å². The molecule has 1 aliphatic rings. The van der Waals surface area contributed by atoms with E-state index in [1.165, 1.54) is 10.8 Å². The number of hydrogen-bond acceptors (Lipinski definition) is 1. The van der Waals surface area contributed by atoms with Gasteiger partial charge < -0.3 is 0 Å². The highest BCUT2D eigenvalue weighted by atomic mass is 14.7. The standard InChI is InChI=1S/C12H13N/c1-2-3-4-10-5-6-12-11(9-10)7-8-13-12/h2,5-7,9H,1,3-4,8H2. The Kier molecular flexibility index (Phi) is 2.26. The van der Waals surface area contributed by atoms with Gasteiger partial charge in [0.1, 0.15) is 0 Å². The molecule has 0 radical (unpaired) electrons. The highest BCUT2D eigenvalue weighted by Gasteiger charge is 1.96. The van der Waals surface area contributed by atoms with E-state index in [-0.39, 0.29) is 0 Å². The zero-order valence-corrected chi connectivity index (χ0v) is 7.66. The third kappa shape index (κ3) is 1.69. The molecule has 0 spiro atoms. The number of fused-ring (bicyclic) bond motifs is 1. The van der Waals surface area contributed by atoms with Crippen LogP contribution >= 0.6 is 0 Å². The molecule has 0 aliphatic carbocycles. The van der Waals surface area contributed by atoms with Crippen LogP contribution in [0.25, 0.3) is 6.08 Å². The molecule has 1 aromatic carbocycles. The zero-order chi connectivity index (χ0) is 9.10. The zero-order valence-electron chi connectivity index (χ0n) is 7.66. The number of aryl methyl sites for hydroxylation is 1. The van der Waals surface area contributed by atoms with Gasteiger partial charge in [-0.25, -0.2) is 0 Å². The minimum Gasteiger partial charge on any atom is -0.281 e. The summed E-state index contributed by atoms with van der Waals surface area (Å²) in [7, 11) is 0. The predicted molar refractivity (Wildman–Crippen MR) is 55.1 cm³/mol. The van der Waals surface area contributed by atoms with Crippen molar-refractivity contribution in [3.8, 4) is 0 Å². The van der Waals surface area contributed by atoms with Gasteiger partial charge in [0.05, 0.1) is 11.9 Å². The third-order valence-electron chi connectivity index (χ3n) is 2.30. The van der Waals surface area contributed by atoms with E-state index in [0.29, 0.717) is 0 Å². The van der Waals surface area contributed by atoms with Crippen molar-refractivity contribution in [1.29, 1.82) is 0 Å². The Hall–Kier alpha value is -1.37. The van der Waals surface area contributed by atoms with Crippen LogP contribution in [0.15, 0.2) is 35.8 Å². The monoisotopic (exact) mass is 171 g/mol. The average molecular weight is 171 g/mol. The Morgan fingerprint density at radius 1 is 1.46 bits per heavy atom. The number of benzene rings is 1. The topological polar surface area (TPSA) is 12.4 Å².